The molecule has 1 aliphatic carbocycles. The lowest BCUT2D eigenvalue weighted by Crippen LogP contribution is -2.55. The number of fused-ring (bicyclic) bond motifs is 1. The molecule has 2 aliphatic heterocycles. The van der Waals surface area contributed by atoms with Gasteiger partial charge in [0, 0.05) is 34.3 Å². The summed E-state index contributed by atoms with van der Waals surface area (Å²) in [5, 5.41) is 19.4. The third-order valence-electron chi connectivity index (χ3n) is 6.86. The number of likely N-dealkylation sites (tertiary alicyclic amines) is 1. The van der Waals surface area contributed by atoms with Gasteiger partial charge in [0.15, 0.2) is 11.3 Å². The van der Waals surface area contributed by atoms with Crippen LogP contribution in [0.15, 0.2) is 46.0 Å². The molecule has 3 atom stereocenters. The molecule has 166 valence electrons. The molecule has 1 saturated heterocycles. The fourth-order valence-electron chi connectivity index (χ4n) is 5.32. The Morgan fingerprint density at radius 3 is 2.75 bits per heavy atom. The summed E-state index contributed by atoms with van der Waals surface area (Å²) in [5.41, 5.74) is -1.68. The van der Waals surface area contributed by atoms with Crippen LogP contribution in [-0.4, -0.2) is 45.9 Å². The molecule has 3 unspecified atom stereocenters. The van der Waals surface area contributed by atoms with Crippen LogP contribution in [0.3, 0.4) is 0 Å². The van der Waals surface area contributed by atoms with Crippen LogP contribution < -0.4 is 5.32 Å². The van der Waals surface area contributed by atoms with Gasteiger partial charge in [-0.1, -0.05) is 11.6 Å². The second-order valence-corrected chi connectivity index (χ2v) is 8.51. The van der Waals surface area contributed by atoms with Crippen molar-refractivity contribution >= 4 is 22.8 Å². The van der Waals surface area contributed by atoms with Gasteiger partial charge < -0.3 is 4.52 Å². The maximum absolute atomic E-state index is 13.7. The molecule has 2 aromatic rings. The van der Waals surface area contributed by atoms with Gasteiger partial charge in [0.05, 0.1) is 11.3 Å². The van der Waals surface area contributed by atoms with E-state index in [0.29, 0.717) is 0 Å². The maximum atomic E-state index is 13.7. The first-order valence-electron chi connectivity index (χ1n) is 10.6. The van der Waals surface area contributed by atoms with E-state index < -0.39 is 40.1 Å². The van der Waals surface area contributed by atoms with E-state index in [1.807, 2.05) is 6.92 Å². The van der Waals surface area contributed by atoms with Crippen LogP contribution in [-0.2, 0) is 15.1 Å². The van der Waals surface area contributed by atoms with E-state index in [9.17, 15) is 24.1 Å². The highest BCUT2D eigenvalue weighted by molar-refractivity contribution is 6.21. The van der Waals surface area contributed by atoms with Crippen LogP contribution in [0.5, 0.6) is 0 Å². The fraction of sp³-hybridized carbons (Fsp3) is 0.409. The molecule has 32 heavy (non-hydrogen) atoms. The summed E-state index contributed by atoms with van der Waals surface area (Å²) in [5.74, 6) is -2.76. The molecule has 10 heteroatoms. The van der Waals surface area contributed by atoms with Crippen molar-refractivity contribution < 1.29 is 23.4 Å². The molecule has 5 rings (SSSR count). The van der Waals surface area contributed by atoms with E-state index >= 15 is 0 Å². The van der Waals surface area contributed by atoms with E-state index in [1.165, 1.54) is 24.3 Å². The van der Waals surface area contributed by atoms with Crippen molar-refractivity contribution in [2.24, 2.45) is 5.92 Å². The molecule has 3 heterocycles. The summed E-state index contributed by atoms with van der Waals surface area (Å²) in [6.07, 6.45) is 5.61. The Kier molecular flexibility index (Phi) is 4.70. The summed E-state index contributed by atoms with van der Waals surface area (Å²) in [7, 11) is 0. The van der Waals surface area contributed by atoms with Crippen molar-refractivity contribution in [3.8, 4) is 0 Å². The van der Waals surface area contributed by atoms with E-state index in [-0.39, 0.29) is 27.8 Å². The summed E-state index contributed by atoms with van der Waals surface area (Å²) in [4.78, 5) is 39.7. The number of amides is 2. The Morgan fingerprint density at radius 2 is 2.03 bits per heavy atom. The zero-order valence-corrected chi connectivity index (χ0v) is 17.3. The predicted molar refractivity (Wildman–Crippen MR) is 110 cm³/mol. The highest BCUT2D eigenvalue weighted by atomic mass is 19.1. The maximum Gasteiger partial charge on any atom is 0.294 e. The van der Waals surface area contributed by atoms with Crippen LogP contribution >= 0.6 is 0 Å². The van der Waals surface area contributed by atoms with Crippen LogP contribution in [0.1, 0.15) is 31.9 Å². The standard InChI is InChI=1S/C22H21FN4O5/c1-12(26-9-3-2-4-10-26)18-17-15(20(28)24-21(17)29)7-8-22(18,27(30)31)19-14-6-5-13(23)11-16(14)32-25-19/h5-8,11-12,18H,2-4,9-10H2,1H3,(H,24,28,29). The van der Waals surface area contributed by atoms with E-state index in [2.05, 4.69) is 15.4 Å². The highest BCUT2D eigenvalue weighted by Gasteiger charge is 2.62. The van der Waals surface area contributed by atoms with Crippen LogP contribution in [0.4, 0.5) is 4.39 Å². The van der Waals surface area contributed by atoms with E-state index in [4.69, 9.17) is 4.52 Å². The number of aromatic nitrogens is 1. The number of nitrogens with zero attached hydrogens (tertiary/aromatic N) is 3. The molecule has 2 amide bonds. The number of benzene rings is 1. The van der Waals surface area contributed by atoms with Gasteiger partial charge in [0.25, 0.3) is 17.4 Å². The molecule has 0 spiro atoms. The second kappa shape index (κ2) is 7.33. The Bertz CT molecular complexity index is 1210. The number of hydrogen-bond acceptors (Lipinski definition) is 7. The lowest BCUT2D eigenvalue weighted by Gasteiger charge is -2.42. The molecule has 1 N–H and O–H groups in total. The molecule has 1 aromatic carbocycles. The number of rotatable bonds is 4. The zero-order valence-electron chi connectivity index (χ0n) is 17.3. The minimum atomic E-state index is -1.97. The number of hydrogen-bond donors (Lipinski definition) is 1. The minimum Gasteiger partial charge on any atom is -0.356 e. The monoisotopic (exact) mass is 440 g/mol. The van der Waals surface area contributed by atoms with Gasteiger partial charge in [0.1, 0.15) is 5.82 Å². The molecule has 1 aromatic heterocycles. The summed E-state index contributed by atoms with van der Waals surface area (Å²) in [6.45, 7) is 3.31. The van der Waals surface area contributed by atoms with Gasteiger partial charge in [-0.15, -0.1) is 0 Å². The Hall–Kier alpha value is -3.40. The average Bonchev–Trinajstić information content (AvgIpc) is 3.33. The average molecular weight is 440 g/mol. The molecule has 0 radical (unpaired) electrons. The quantitative estimate of drug-likeness (QED) is 0.441. The largest absolute Gasteiger partial charge is 0.356 e. The fourth-order valence-corrected chi connectivity index (χ4v) is 5.32. The lowest BCUT2D eigenvalue weighted by atomic mass is 9.68. The van der Waals surface area contributed by atoms with Crippen molar-refractivity contribution in [3.05, 3.63) is 63.1 Å². The van der Waals surface area contributed by atoms with Gasteiger partial charge in [-0.2, -0.15) is 0 Å². The SMILES string of the molecule is CC(C1C2=C(C=CC1(c1noc3cc(F)ccc13)[N+](=O)[O-])C(=O)NC2=O)N1CCCCC1. The van der Waals surface area contributed by atoms with Gasteiger partial charge in [-0.05, 0) is 51.1 Å². The Morgan fingerprint density at radius 1 is 1.28 bits per heavy atom. The minimum absolute atomic E-state index is 0.0127. The number of nitro groups is 1. The van der Waals surface area contributed by atoms with E-state index in [1.54, 1.807) is 0 Å². The Labute approximate surface area is 182 Å². The summed E-state index contributed by atoms with van der Waals surface area (Å²) in [6, 6.07) is 3.25. The predicted octanol–water partition coefficient (Wildman–Crippen LogP) is 2.45. The molecular formula is C22H21FN4O5. The molecular weight excluding hydrogens is 419 g/mol. The smallest absolute Gasteiger partial charge is 0.294 e. The van der Waals surface area contributed by atoms with Crippen LogP contribution in [0.25, 0.3) is 11.0 Å². The van der Waals surface area contributed by atoms with Gasteiger partial charge in [0.2, 0.25) is 0 Å². The molecule has 0 bridgehead atoms. The highest BCUT2D eigenvalue weighted by Crippen LogP contribution is 2.49. The molecule has 3 aliphatic rings. The molecule has 9 nitrogen and oxygen atoms in total. The van der Waals surface area contributed by atoms with Gasteiger partial charge in [-0.3, -0.25) is 29.9 Å². The number of imide groups is 1. The van der Waals surface area contributed by atoms with Gasteiger partial charge in [-0.25, -0.2) is 4.39 Å². The van der Waals surface area contributed by atoms with Crippen molar-refractivity contribution in [2.45, 2.75) is 37.8 Å². The van der Waals surface area contributed by atoms with Crippen molar-refractivity contribution in [1.82, 2.24) is 15.4 Å². The first-order chi connectivity index (χ1) is 15.3. The van der Waals surface area contributed by atoms with Crippen LogP contribution in [0.2, 0.25) is 0 Å². The first-order valence-corrected chi connectivity index (χ1v) is 10.6. The van der Waals surface area contributed by atoms with Crippen molar-refractivity contribution in [2.75, 3.05) is 13.1 Å². The summed E-state index contributed by atoms with van der Waals surface area (Å²) >= 11 is 0. The number of carbonyl (C=O) groups is 2. The summed E-state index contributed by atoms with van der Waals surface area (Å²) < 4.78 is 19.0. The third kappa shape index (κ3) is 2.82. The third-order valence-corrected chi connectivity index (χ3v) is 6.86. The van der Waals surface area contributed by atoms with E-state index in [0.717, 1.165) is 38.4 Å². The van der Waals surface area contributed by atoms with Crippen molar-refractivity contribution in [1.29, 1.82) is 0 Å². The Balaban J connectivity index is 1.75. The first kappa shape index (κ1) is 20.5. The number of piperidine rings is 1. The normalized spacial score (nSPS) is 27.0. The number of carbonyl (C=O) groups excluding carboxylic acids is 2. The lowest BCUT2D eigenvalue weighted by molar-refractivity contribution is -0.575. The topological polar surface area (TPSA) is 119 Å². The molecule has 1 fully saturated rings. The molecule has 0 saturated carbocycles. The van der Waals surface area contributed by atoms with Crippen LogP contribution in [0, 0.1) is 21.8 Å². The number of halogens is 1. The number of nitrogens with one attached hydrogen (secondary N) is 1. The zero-order chi connectivity index (χ0) is 22.6. The van der Waals surface area contributed by atoms with Gasteiger partial charge >= 0.3 is 0 Å². The van der Waals surface area contributed by atoms with Crippen molar-refractivity contribution in [3.63, 3.8) is 0 Å². The second-order valence-electron chi connectivity index (χ2n) is 8.51.